The molecule has 17 nitrogen and oxygen atoms in total. The first kappa shape index (κ1) is 94.1. The number of aliphatic hydroxyl groups excluding tert-OH is 1. The van der Waals surface area contributed by atoms with Gasteiger partial charge in [-0.1, -0.05) is 356 Å². The molecular formula is C77H150O17P2. The van der Waals surface area contributed by atoms with Gasteiger partial charge in [-0.3, -0.25) is 37.3 Å². The monoisotopic (exact) mass is 1410 g/mol. The van der Waals surface area contributed by atoms with Crippen LogP contribution in [0.4, 0.5) is 0 Å². The van der Waals surface area contributed by atoms with Crippen molar-refractivity contribution in [1.29, 1.82) is 0 Å². The molecule has 0 aliphatic carbocycles. The molecule has 0 aromatic heterocycles. The van der Waals surface area contributed by atoms with Crippen LogP contribution in [0.5, 0.6) is 0 Å². The second kappa shape index (κ2) is 70.1. The molecule has 2 unspecified atom stereocenters. The number of unbranched alkanes of at least 4 members (excludes halogenated alkanes) is 49. The highest BCUT2D eigenvalue weighted by molar-refractivity contribution is 7.47. The van der Waals surface area contributed by atoms with Crippen LogP contribution < -0.4 is 0 Å². The lowest BCUT2D eigenvalue weighted by atomic mass is 10.0. The van der Waals surface area contributed by atoms with Crippen molar-refractivity contribution in [2.24, 2.45) is 5.92 Å². The van der Waals surface area contributed by atoms with E-state index in [9.17, 15) is 43.2 Å². The molecule has 0 aromatic rings. The predicted octanol–water partition coefficient (Wildman–Crippen LogP) is 22.9. The minimum atomic E-state index is -4.96. The van der Waals surface area contributed by atoms with Gasteiger partial charge in [-0.2, -0.15) is 0 Å². The molecule has 3 N–H and O–H groups in total. The Morgan fingerprint density at radius 1 is 0.281 bits per heavy atom. The van der Waals surface area contributed by atoms with Gasteiger partial charge in [-0.05, 0) is 31.6 Å². The second-order valence-corrected chi connectivity index (χ2v) is 31.1. The number of rotatable bonds is 77. The molecule has 96 heavy (non-hydrogen) atoms. The molecule has 0 radical (unpaired) electrons. The summed E-state index contributed by atoms with van der Waals surface area (Å²) in [5.74, 6) is -1.44. The van der Waals surface area contributed by atoms with E-state index in [1.54, 1.807) is 0 Å². The molecule has 0 bridgehead atoms. The highest BCUT2D eigenvalue weighted by Crippen LogP contribution is 2.45. The first-order valence-corrected chi connectivity index (χ1v) is 43.1. The summed E-state index contributed by atoms with van der Waals surface area (Å²) in [6.07, 6.45) is 59.9. The fraction of sp³-hybridized carbons (Fsp3) is 0.948. The van der Waals surface area contributed by atoms with Gasteiger partial charge < -0.3 is 33.8 Å². The molecule has 0 rings (SSSR count). The summed E-state index contributed by atoms with van der Waals surface area (Å²) in [5, 5.41) is 10.6. The Labute approximate surface area is 588 Å². The lowest BCUT2D eigenvalue weighted by Gasteiger charge is -2.21. The number of hydrogen-bond donors (Lipinski definition) is 3. The van der Waals surface area contributed by atoms with Gasteiger partial charge in [-0.15, -0.1) is 0 Å². The zero-order valence-corrected chi connectivity index (χ0v) is 64.3. The quantitative estimate of drug-likeness (QED) is 0.0222. The number of phosphoric ester groups is 2. The summed E-state index contributed by atoms with van der Waals surface area (Å²) in [4.78, 5) is 72.7. The smallest absolute Gasteiger partial charge is 0.462 e. The maximum atomic E-state index is 13.1. The summed E-state index contributed by atoms with van der Waals surface area (Å²) in [6.45, 7) is 7.21. The van der Waals surface area contributed by atoms with Crippen LogP contribution in [-0.4, -0.2) is 96.7 Å². The van der Waals surface area contributed by atoms with Gasteiger partial charge in [0.1, 0.15) is 19.3 Å². The minimum Gasteiger partial charge on any atom is -0.462 e. The third-order valence-electron chi connectivity index (χ3n) is 18.0. The molecule has 0 aliphatic heterocycles. The van der Waals surface area contributed by atoms with Gasteiger partial charge in [0.2, 0.25) is 0 Å². The highest BCUT2D eigenvalue weighted by atomic mass is 31.2. The average Bonchev–Trinajstić information content (AvgIpc) is 2.62. The van der Waals surface area contributed by atoms with Crippen molar-refractivity contribution in [3.8, 4) is 0 Å². The van der Waals surface area contributed by atoms with Crippen LogP contribution in [0.25, 0.3) is 0 Å². The second-order valence-electron chi connectivity index (χ2n) is 28.2. The SMILES string of the molecule is CCCCCCCCCCCCCCCCCCCCCCCCC(=O)O[C@H](COC(=O)CCCCCCCCCCCCCCCC)COP(=O)(O)OC[C@@H](O)COP(=O)(O)OC[C@@H](COC(=O)CCCCCCCCC(C)C)OC(=O)CCCCCCCCCCCCC. The lowest BCUT2D eigenvalue weighted by molar-refractivity contribution is -0.161. The maximum Gasteiger partial charge on any atom is 0.472 e. The standard InChI is InChI=1S/C77H150O17P2/c1-6-9-12-15-18-21-24-26-28-29-30-31-32-33-34-35-37-40-43-46-53-58-63-77(82)93-72(66-87-74(79)60-55-50-44-41-39-36-27-25-22-19-16-13-10-7-2)68-91-95(83,84)89-64-71(78)65-90-96(85,86)92-69-73(67-88-75(80)61-56-51-48-47-49-54-59-70(4)5)94-76(81)62-57-52-45-42-38-23-20-17-14-11-8-3/h70-73,78H,6-69H2,1-5H3,(H,83,84)(H,85,86)/t71-,72-,73-/m1/s1. The maximum absolute atomic E-state index is 13.1. The predicted molar refractivity (Wildman–Crippen MR) is 391 cm³/mol. The molecule has 570 valence electrons. The van der Waals surface area contributed by atoms with Crippen molar-refractivity contribution >= 4 is 39.5 Å². The highest BCUT2D eigenvalue weighted by Gasteiger charge is 2.30. The Hall–Kier alpha value is -1.94. The third-order valence-corrected chi connectivity index (χ3v) is 19.9. The summed E-state index contributed by atoms with van der Waals surface area (Å²) >= 11 is 0. The van der Waals surface area contributed by atoms with Crippen molar-refractivity contribution < 1.29 is 80.2 Å². The van der Waals surface area contributed by atoms with Gasteiger partial charge in [0.25, 0.3) is 0 Å². The molecule has 0 amide bonds. The summed E-state index contributed by atoms with van der Waals surface area (Å²) < 4.78 is 68.5. The fourth-order valence-corrected chi connectivity index (χ4v) is 13.5. The largest absolute Gasteiger partial charge is 0.472 e. The number of esters is 4. The van der Waals surface area contributed by atoms with E-state index in [1.807, 2.05) is 0 Å². The van der Waals surface area contributed by atoms with Crippen molar-refractivity contribution in [3.05, 3.63) is 0 Å². The summed E-state index contributed by atoms with van der Waals surface area (Å²) in [7, 11) is -9.91. The van der Waals surface area contributed by atoms with E-state index in [-0.39, 0.29) is 25.7 Å². The Balaban J connectivity index is 5.17. The molecule has 0 aromatic carbocycles. The number of carbonyl (C=O) groups excluding carboxylic acids is 4. The fourth-order valence-electron chi connectivity index (χ4n) is 11.9. The van der Waals surface area contributed by atoms with Crippen LogP contribution in [0.15, 0.2) is 0 Å². The van der Waals surface area contributed by atoms with Gasteiger partial charge in [-0.25, -0.2) is 9.13 Å². The number of carbonyl (C=O) groups is 4. The first-order chi connectivity index (χ1) is 46.5. The molecule has 0 heterocycles. The number of hydrogen-bond acceptors (Lipinski definition) is 15. The Bertz CT molecular complexity index is 1840. The van der Waals surface area contributed by atoms with Crippen LogP contribution in [0.3, 0.4) is 0 Å². The van der Waals surface area contributed by atoms with Crippen molar-refractivity contribution in [1.82, 2.24) is 0 Å². The van der Waals surface area contributed by atoms with Crippen LogP contribution in [0.2, 0.25) is 0 Å². The van der Waals surface area contributed by atoms with Gasteiger partial charge in [0, 0.05) is 25.7 Å². The summed E-state index contributed by atoms with van der Waals surface area (Å²) in [6, 6.07) is 0. The normalized spacial score (nSPS) is 13.9. The molecule has 5 atom stereocenters. The molecule has 0 spiro atoms. The van der Waals surface area contributed by atoms with Crippen LogP contribution in [0.1, 0.15) is 407 Å². The van der Waals surface area contributed by atoms with E-state index in [2.05, 4.69) is 34.6 Å². The van der Waals surface area contributed by atoms with Crippen molar-refractivity contribution in [3.63, 3.8) is 0 Å². The molecule has 0 saturated heterocycles. The number of phosphoric acid groups is 2. The zero-order valence-electron chi connectivity index (χ0n) is 62.5. The van der Waals surface area contributed by atoms with E-state index in [4.69, 9.17) is 37.0 Å². The number of ether oxygens (including phenoxy) is 4. The Morgan fingerprint density at radius 2 is 0.479 bits per heavy atom. The van der Waals surface area contributed by atoms with E-state index >= 15 is 0 Å². The lowest BCUT2D eigenvalue weighted by Crippen LogP contribution is -2.30. The van der Waals surface area contributed by atoms with Crippen LogP contribution >= 0.6 is 15.6 Å². The minimum absolute atomic E-state index is 0.106. The molecule has 0 aliphatic rings. The summed E-state index contributed by atoms with van der Waals surface area (Å²) in [5.41, 5.74) is 0. The number of aliphatic hydroxyl groups is 1. The van der Waals surface area contributed by atoms with Crippen LogP contribution in [0, 0.1) is 5.92 Å². The first-order valence-electron chi connectivity index (χ1n) is 40.1. The molecule has 0 saturated carbocycles. The van der Waals surface area contributed by atoms with Crippen molar-refractivity contribution in [2.45, 2.75) is 425 Å². The topological polar surface area (TPSA) is 237 Å². The third kappa shape index (κ3) is 70.5. The van der Waals surface area contributed by atoms with E-state index in [0.29, 0.717) is 31.6 Å². The van der Waals surface area contributed by atoms with Gasteiger partial charge in [0.05, 0.1) is 26.4 Å². The van der Waals surface area contributed by atoms with Crippen molar-refractivity contribution in [2.75, 3.05) is 39.6 Å². The molecule has 19 heteroatoms. The van der Waals surface area contributed by atoms with Crippen LogP contribution in [-0.2, 0) is 65.4 Å². The Kier molecular flexibility index (Phi) is 68.7. The van der Waals surface area contributed by atoms with E-state index in [1.165, 1.54) is 225 Å². The molecule has 0 fully saturated rings. The van der Waals surface area contributed by atoms with E-state index < -0.39 is 97.5 Å². The average molecular weight is 1410 g/mol. The Morgan fingerprint density at radius 3 is 0.708 bits per heavy atom. The van der Waals surface area contributed by atoms with E-state index in [0.717, 1.165) is 96.3 Å². The van der Waals surface area contributed by atoms with Gasteiger partial charge >= 0.3 is 39.5 Å². The zero-order chi connectivity index (χ0) is 70.5. The van der Waals surface area contributed by atoms with Gasteiger partial charge in [0.15, 0.2) is 12.2 Å². The molecular weight excluding hydrogens is 1260 g/mol.